The van der Waals surface area contributed by atoms with Gasteiger partial charge in [0, 0.05) is 30.1 Å². The second kappa shape index (κ2) is 7.95. The molecule has 2 aliphatic rings. The largest absolute Gasteiger partial charge is 0.378 e. The molecule has 2 unspecified atom stereocenters. The highest BCUT2D eigenvalue weighted by Gasteiger charge is 2.41. The van der Waals surface area contributed by atoms with Crippen molar-refractivity contribution in [1.29, 1.82) is 0 Å². The molecule has 0 aromatic heterocycles. The van der Waals surface area contributed by atoms with Gasteiger partial charge in [0.15, 0.2) is 5.78 Å². The Morgan fingerprint density at radius 2 is 1.74 bits per heavy atom. The van der Waals surface area contributed by atoms with Crippen molar-refractivity contribution in [3.05, 3.63) is 71.3 Å². The lowest BCUT2D eigenvalue weighted by Crippen LogP contribution is -2.57. The van der Waals surface area contributed by atoms with Crippen LogP contribution in [0.3, 0.4) is 0 Å². The summed E-state index contributed by atoms with van der Waals surface area (Å²) < 4.78 is 5.84. The van der Waals surface area contributed by atoms with Crippen LogP contribution in [0.1, 0.15) is 54.1 Å². The first-order valence-electron chi connectivity index (χ1n) is 10.1. The lowest BCUT2D eigenvalue weighted by Gasteiger charge is -2.48. The highest BCUT2D eigenvalue weighted by Crippen LogP contribution is 2.35. The van der Waals surface area contributed by atoms with Crippen LogP contribution in [-0.4, -0.2) is 36.0 Å². The Hall–Kier alpha value is -1.97. The molecule has 0 saturated carbocycles. The first-order chi connectivity index (χ1) is 13.1. The predicted molar refractivity (Wildman–Crippen MR) is 108 cm³/mol. The van der Waals surface area contributed by atoms with Gasteiger partial charge in [0.2, 0.25) is 0 Å². The molecule has 2 aromatic rings. The van der Waals surface area contributed by atoms with Crippen LogP contribution in [0.25, 0.3) is 0 Å². The van der Waals surface area contributed by atoms with Crippen molar-refractivity contribution in [2.75, 3.05) is 13.2 Å². The third kappa shape index (κ3) is 3.99. The molecular weight excluding hydrogens is 334 g/mol. The van der Waals surface area contributed by atoms with Crippen LogP contribution in [0.4, 0.5) is 0 Å². The third-order valence-corrected chi connectivity index (χ3v) is 6.09. The van der Waals surface area contributed by atoms with E-state index in [4.69, 9.17) is 4.74 Å². The standard InChI is InChI=1S/C24H29NO2/c1-17(2)19-9-6-10-20(11-19)24(26)21-12-22-15-27-16-23(13-21)25(22)14-18-7-4-3-5-8-18/h3-11,17,21-23H,12-16H2,1-2H3. The summed E-state index contributed by atoms with van der Waals surface area (Å²) in [5.74, 6) is 0.866. The molecule has 4 rings (SSSR count). The molecule has 27 heavy (non-hydrogen) atoms. The molecule has 2 fully saturated rings. The summed E-state index contributed by atoms with van der Waals surface area (Å²) in [6.45, 7) is 6.77. The number of benzene rings is 2. The first kappa shape index (κ1) is 18.4. The van der Waals surface area contributed by atoms with Gasteiger partial charge in [0.25, 0.3) is 0 Å². The van der Waals surface area contributed by atoms with Gasteiger partial charge in [-0.3, -0.25) is 9.69 Å². The van der Waals surface area contributed by atoms with E-state index in [1.807, 2.05) is 12.1 Å². The maximum absolute atomic E-state index is 13.2. The van der Waals surface area contributed by atoms with E-state index in [0.29, 0.717) is 23.8 Å². The second-order valence-electron chi connectivity index (χ2n) is 8.32. The van der Waals surface area contributed by atoms with Gasteiger partial charge in [-0.15, -0.1) is 0 Å². The molecule has 0 spiro atoms. The van der Waals surface area contributed by atoms with Crippen molar-refractivity contribution in [1.82, 2.24) is 4.90 Å². The minimum Gasteiger partial charge on any atom is -0.378 e. The molecule has 0 radical (unpaired) electrons. The predicted octanol–water partition coefficient (Wildman–Crippen LogP) is 4.67. The van der Waals surface area contributed by atoms with Crippen molar-refractivity contribution < 1.29 is 9.53 Å². The minimum absolute atomic E-state index is 0.110. The minimum atomic E-state index is 0.110. The zero-order valence-corrected chi connectivity index (χ0v) is 16.3. The maximum atomic E-state index is 13.2. The molecule has 0 amide bonds. The average Bonchev–Trinajstić information content (AvgIpc) is 2.68. The number of Topliss-reactive ketones (excluding diaryl/α,β-unsaturated/α-hetero) is 1. The fourth-order valence-corrected chi connectivity index (χ4v) is 4.54. The van der Waals surface area contributed by atoms with Crippen molar-refractivity contribution in [3.63, 3.8) is 0 Å². The van der Waals surface area contributed by atoms with Crippen LogP contribution in [-0.2, 0) is 11.3 Å². The molecule has 2 atom stereocenters. The molecule has 142 valence electrons. The first-order valence-corrected chi connectivity index (χ1v) is 10.1. The van der Waals surface area contributed by atoms with Crippen molar-refractivity contribution in [3.8, 4) is 0 Å². The smallest absolute Gasteiger partial charge is 0.166 e. The Bertz CT molecular complexity index is 772. The summed E-state index contributed by atoms with van der Waals surface area (Å²) in [7, 11) is 0. The van der Waals surface area contributed by atoms with Crippen molar-refractivity contribution >= 4 is 5.78 Å². The van der Waals surface area contributed by atoms with Gasteiger partial charge in [0.1, 0.15) is 0 Å². The number of fused-ring (bicyclic) bond motifs is 2. The number of ether oxygens (including phenoxy) is 1. The summed E-state index contributed by atoms with van der Waals surface area (Å²) in [4.78, 5) is 15.8. The SMILES string of the molecule is CC(C)c1cccc(C(=O)C2CC3COCC(C2)N3Cc2ccccc2)c1. The molecule has 2 aromatic carbocycles. The normalized spacial score (nSPS) is 25.5. The Morgan fingerprint density at radius 1 is 1.04 bits per heavy atom. The van der Waals surface area contributed by atoms with E-state index < -0.39 is 0 Å². The third-order valence-electron chi connectivity index (χ3n) is 6.09. The Kier molecular flexibility index (Phi) is 5.42. The van der Waals surface area contributed by atoms with E-state index in [0.717, 1.165) is 38.2 Å². The summed E-state index contributed by atoms with van der Waals surface area (Å²) in [5.41, 5.74) is 3.46. The lowest BCUT2D eigenvalue weighted by atomic mass is 9.80. The topological polar surface area (TPSA) is 29.5 Å². The second-order valence-corrected chi connectivity index (χ2v) is 8.32. The van der Waals surface area contributed by atoms with Crippen LogP contribution >= 0.6 is 0 Å². The van der Waals surface area contributed by atoms with E-state index in [2.05, 4.69) is 61.2 Å². The fraction of sp³-hybridized carbons (Fsp3) is 0.458. The number of morpholine rings is 1. The van der Waals surface area contributed by atoms with E-state index in [1.54, 1.807) is 0 Å². The maximum Gasteiger partial charge on any atom is 0.166 e. The highest BCUT2D eigenvalue weighted by molar-refractivity contribution is 5.98. The number of carbonyl (C=O) groups is 1. The fourth-order valence-electron chi connectivity index (χ4n) is 4.54. The van der Waals surface area contributed by atoms with E-state index in [9.17, 15) is 4.79 Å². The molecule has 2 heterocycles. The zero-order valence-electron chi connectivity index (χ0n) is 16.3. The molecule has 2 saturated heterocycles. The van der Waals surface area contributed by atoms with Gasteiger partial charge in [-0.25, -0.2) is 0 Å². The summed E-state index contributed by atoms with van der Waals surface area (Å²) in [5, 5.41) is 0. The van der Waals surface area contributed by atoms with Crippen molar-refractivity contribution in [2.45, 2.75) is 51.2 Å². The average molecular weight is 364 g/mol. The van der Waals surface area contributed by atoms with Crippen LogP contribution in [0.15, 0.2) is 54.6 Å². The number of rotatable bonds is 5. The van der Waals surface area contributed by atoms with E-state index in [-0.39, 0.29) is 5.92 Å². The highest BCUT2D eigenvalue weighted by atomic mass is 16.5. The van der Waals surface area contributed by atoms with Crippen LogP contribution in [0.2, 0.25) is 0 Å². The van der Waals surface area contributed by atoms with Gasteiger partial charge < -0.3 is 4.74 Å². The molecule has 0 aliphatic carbocycles. The number of hydrogen-bond acceptors (Lipinski definition) is 3. The molecule has 2 aliphatic heterocycles. The van der Waals surface area contributed by atoms with Crippen LogP contribution in [0.5, 0.6) is 0 Å². The summed E-state index contributed by atoms with van der Waals surface area (Å²) in [6, 6.07) is 19.5. The van der Waals surface area contributed by atoms with Gasteiger partial charge in [-0.2, -0.15) is 0 Å². The van der Waals surface area contributed by atoms with Crippen LogP contribution in [0, 0.1) is 5.92 Å². The Balaban J connectivity index is 1.49. The summed E-state index contributed by atoms with van der Waals surface area (Å²) >= 11 is 0. The number of hydrogen-bond donors (Lipinski definition) is 0. The Morgan fingerprint density at radius 3 is 2.41 bits per heavy atom. The summed E-state index contributed by atoms with van der Waals surface area (Å²) in [6.07, 6.45) is 1.79. The number of carbonyl (C=O) groups excluding carboxylic acids is 1. The molecule has 3 heteroatoms. The van der Waals surface area contributed by atoms with Crippen molar-refractivity contribution in [2.24, 2.45) is 5.92 Å². The Labute approximate surface area is 162 Å². The quantitative estimate of drug-likeness (QED) is 0.723. The lowest BCUT2D eigenvalue weighted by molar-refractivity contribution is -0.0872. The molecule has 3 nitrogen and oxygen atoms in total. The molecule has 0 N–H and O–H groups in total. The zero-order chi connectivity index (χ0) is 18.8. The number of piperidine rings is 1. The van der Waals surface area contributed by atoms with E-state index in [1.165, 1.54) is 11.1 Å². The van der Waals surface area contributed by atoms with Gasteiger partial charge in [-0.1, -0.05) is 62.4 Å². The molecular formula is C24H29NO2. The van der Waals surface area contributed by atoms with Crippen LogP contribution < -0.4 is 0 Å². The monoisotopic (exact) mass is 363 g/mol. The number of nitrogens with zero attached hydrogens (tertiary/aromatic N) is 1. The van der Waals surface area contributed by atoms with Gasteiger partial charge >= 0.3 is 0 Å². The van der Waals surface area contributed by atoms with Gasteiger partial charge in [-0.05, 0) is 36.0 Å². The van der Waals surface area contributed by atoms with Gasteiger partial charge in [0.05, 0.1) is 13.2 Å². The molecule has 2 bridgehead atoms. The van der Waals surface area contributed by atoms with E-state index >= 15 is 0 Å². The number of ketones is 1.